The van der Waals surface area contributed by atoms with Gasteiger partial charge in [0.25, 0.3) is 5.91 Å². The largest absolute Gasteiger partial charge is 0.355 e. The number of nitrogens with zero attached hydrogens (tertiary/aromatic N) is 3. The molecule has 0 unspecified atom stereocenters. The molecule has 0 bridgehead atoms. The lowest BCUT2D eigenvalue weighted by Crippen LogP contribution is -2.28. The Hall–Kier alpha value is -4.78. The summed E-state index contributed by atoms with van der Waals surface area (Å²) in [5.41, 5.74) is 6.69. The molecule has 6 rings (SSSR count). The molecular formula is C29H22FN5O. The molecule has 0 radical (unpaired) electrons. The fourth-order valence-corrected chi connectivity index (χ4v) is 4.62. The number of benzene rings is 3. The van der Waals surface area contributed by atoms with Gasteiger partial charge in [0.15, 0.2) is 0 Å². The van der Waals surface area contributed by atoms with Crippen molar-refractivity contribution in [3.63, 3.8) is 0 Å². The van der Waals surface area contributed by atoms with Crippen molar-refractivity contribution in [3.05, 3.63) is 114 Å². The average Bonchev–Trinajstić information content (AvgIpc) is 3.35. The van der Waals surface area contributed by atoms with E-state index in [1.54, 1.807) is 30.7 Å². The van der Waals surface area contributed by atoms with E-state index in [1.165, 1.54) is 12.1 Å². The van der Waals surface area contributed by atoms with E-state index in [0.717, 1.165) is 40.4 Å². The normalized spacial score (nSPS) is 12.4. The number of carbonyl (C=O) groups excluding carboxylic acids is 1. The van der Waals surface area contributed by atoms with Gasteiger partial charge in [-0.05, 0) is 73.2 Å². The fourth-order valence-electron chi connectivity index (χ4n) is 4.62. The van der Waals surface area contributed by atoms with Gasteiger partial charge >= 0.3 is 0 Å². The van der Waals surface area contributed by atoms with Crippen molar-refractivity contribution in [2.45, 2.75) is 6.42 Å². The zero-order valence-electron chi connectivity index (χ0n) is 19.3. The minimum atomic E-state index is -0.326. The van der Waals surface area contributed by atoms with Gasteiger partial charge in [-0.15, -0.1) is 0 Å². The number of rotatable bonds is 5. The van der Waals surface area contributed by atoms with Crippen LogP contribution in [-0.4, -0.2) is 22.4 Å². The fraction of sp³-hybridized carbons (Fsp3) is 0.0690. The highest BCUT2D eigenvalue weighted by molar-refractivity contribution is 6.08. The topological polar surface area (TPSA) is 70.2 Å². The van der Waals surface area contributed by atoms with Crippen molar-refractivity contribution in [1.29, 1.82) is 0 Å². The van der Waals surface area contributed by atoms with Gasteiger partial charge in [0.2, 0.25) is 0 Å². The summed E-state index contributed by atoms with van der Waals surface area (Å²) in [6, 6.07) is 23.5. The van der Waals surface area contributed by atoms with Gasteiger partial charge in [-0.2, -0.15) is 0 Å². The first-order valence-corrected chi connectivity index (χ1v) is 11.7. The first-order valence-electron chi connectivity index (χ1n) is 11.7. The van der Waals surface area contributed by atoms with Crippen LogP contribution in [0.3, 0.4) is 0 Å². The van der Waals surface area contributed by atoms with Gasteiger partial charge in [0.1, 0.15) is 5.82 Å². The maximum absolute atomic E-state index is 13.9. The number of nitrogens with one attached hydrogen (secondary N) is 2. The standard InChI is InChI=1S/C29H22FN5O/c30-20-7-8-25-24(18-20)27(11-15-32-25)34-22-4-1-3-19(17-22)29(36)35-16-12-23-26(5-2-6-28(23)35)33-21-9-13-31-14-10-21/h1-11,13-15,17-18H,12,16H2,(H,31,33)(H,32,34). The van der Waals surface area contributed by atoms with Gasteiger partial charge in [-0.3, -0.25) is 14.8 Å². The van der Waals surface area contributed by atoms with Crippen molar-refractivity contribution in [2.24, 2.45) is 0 Å². The van der Waals surface area contributed by atoms with Crippen LogP contribution in [-0.2, 0) is 6.42 Å². The van der Waals surface area contributed by atoms with Crippen LogP contribution in [0.5, 0.6) is 0 Å². The van der Waals surface area contributed by atoms with Crippen LogP contribution in [0, 0.1) is 5.82 Å². The van der Waals surface area contributed by atoms with Crippen LogP contribution >= 0.6 is 0 Å². The van der Waals surface area contributed by atoms with Crippen molar-refractivity contribution < 1.29 is 9.18 Å². The number of hydrogen-bond donors (Lipinski definition) is 2. The van der Waals surface area contributed by atoms with E-state index in [-0.39, 0.29) is 11.7 Å². The predicted molar refractivity (Wildman–Crippen MR) is 141 cm³/mol. The van der Waals surface area contributed by atoms with Crippen LogP contribution in [0.2, 0.25) is 0 Å². The minimum Gasteiger partial charge on any atom is -0.355 e. The number of carbonyl (C=O) groups is 1. The second kappa shape index (κ2) is 9.11. The molecule has 0 saturated carbocycles. The van der Waals surface area contributed by atoms with E-state index in [1.807, 2.05) is 59.5 Å². The zero-order chi connectivity index (χ0) is 24.5. The average molecular weight is 476 g/mol. The third-order valence-electron chi connectivity index (χ3n) is 6.32. The third kappa shape index (κ3) is 4.11. The van der Waals surface area contributed by atoms with Crippen LogP contribution < -0.4 is 15.5 Å². The summed E-state index contributed by atoms with van der Waals surface area (Å²) >= 11 is 0. The Morgan fingerprint density at radius 1 is 0.833 bits per heavy atom. The number of fused-ring (bicyclic) bond motifs is 2. The van der Waals surface area contributed by atoms with Crippen LogP contribution in [0.4, 0.5) is 32.8 Å². The molecule has 0 spiro atoms. The molecule has 2 N–H and O–H groups in total. The predicted octanol–water partition coefficient (Wildman–Crippen LogP) is 6.46. The van der Waals surface area contributed by atoms with E-state index in [2.05, 4.69) is 20.6 Å². The van der Waals surface area contributed by atoms with E-state index in [4.69, 9.17) is 0 Å². The second-order valence-electron chi connectivity index (χ2n) is 8.60. The van der Waals surface area contributed by atoms with E-state index in [0.29, 0.717) is 23.0 Å². The third-order valence-corrected chi connectivity index (χ3v) is 6.32. The summed E-state index contributed by atoms with van der Waals surface area (Å²) in [7, 11) is 0. The molecule has 0 atom stereocenters. The molecule has 6 nitrogen and oxygen atoms in total. The highest BCUT2D eigenvalue weighted by atomic mass is 19.1. The minimum absolute atomic E-state index is 0.0657. The van der Waals surface area contributed by atoms with Crippen LogP contribution in [0.1, 0.15) is 15.9 Å². The zero-order valence-corrected chi connectivity index (χ0v) is 19.3. The molecule has 5 aromatic rings. The molecule has 0 saturated heterocycles. The number of aromatic nitrogens is 2. The lowest BCUT2D eigenvalue weighted by molar-refractivity contribution is 0.0989. The summed E-state index contributed by atoms with van der Waals surface area (Å²) in [6.45, 7) is 0.606. The molecule has 0 fully saturated rings. The maximum Gasteiger partial charge on any atom is 0.258 e. The molecule has 2 aromatic heterocycles. The first-order chi connectivity index (χ1) is 17.7. The molecule has 0 aliphatic carbocycles. The van der Waals surface area contributed by atoms with Crippen molar-refractivity contribution in [2.75, 3.05) is 22.1 Å². The molecule has 176 valence electrons. The highest BCUT2D eigenvalue weighted by Gasteiger charge is 2.27. The Morgan fingerprint density at radius 3 is 2.56 bits per heavy atom. The van der Waals surface area contributed by atoms with Crippen LogP contribution in [0.25, 0.3) is 10.9 Å². The Balaban J connectivity index is 1.27. The highest BCUT2D eigenvalue weighted by Crippen LogP contribution is 2.36. The molecule has 7 heteroatoms. The quantitative estimate of drug-likeness (QED) is 0.305. The number of halogens is 1. The summed E-state index contributed by atoms with van der Waals surface area (Å²) < 4.78 is 13.9. The monoisotopic (exact) mass is 475 g/mol. The lowest BCUT2D eigenvalue weighted by Gasteiger charge is -2.19. The lowest BCUT2D eigenvalue weighted by atomic mass is 10.1. The van der Waals surface area contributed by atoms with E-state index in [9.17, 15) is 9.18 Å². The van der Waals surface area contributed by atoms with Gasteiger partial charge in [-0.1, -0.05) is 12.1 Å². The summed E-state index contributed by atoms with van der Waals surface area (Å²) in [5.74, 6) is -0.392. The summed E-state index contributed by atoms with van der Waals surface area (Å²) in [5, 5.41) is 7.44. The van der Waals surface area contributed by atoms with Gasteiger partial charge < -0.3 is 15.5 Å². The smallest absolute Gasteiger partial charge is 0.258 e. The Morgan fingerprint density at radius 2 is 1.67 bits per heavy atom. The van der Waals surface area contributed by atoms with Gasteiger partial charge in [-0.25, -0.2) is 4.39 Å². The molecule has 36 heavy (non-hydrogen) atoms. The molecule has 3 heterocycles. The molecule has 1 aliphatic rings. The van der Waals surface area contributed by atoms with Crippen molar-refractivity contribution >= 4 is 45.2 Å². The second-order valence-corrected chi connectivity index (χ2v) is 8.60. The summed E-state index contributed by atoms with van der Waals surface area (Å²) in [4.78, 5) is 23.7. The molecular weight excluding hydrogens is 453 g/mol. The number of amides is 1. The molecule has 1 amide bonds. The summed E-state index contributed by atoms with van der Waals surface area (Å²) in [6.07, 6.45) is 5.93. The Kier molecular flexibility index (Phi) is 5.50. The number of hydrogen-bond acceptors (Lipinski definition) is 5. The first kappa shape index (κ1) is 21.7. The molecule has 1 aliphatic heterocycles. The van der Waals surface area contributed by atoms with Gasteiger partial charge in [0, 0.05) is 70.1 Å². The maximum atomic E-state index is 13.9. The van der Waals surface area contributed by atoms with Crippen molar-refractivity contribution in [3.8, 4) is 0 Å². The molecule has 3 aromatic carbocycles. The number of anilines is 5. The number of pyridine rings is 2. The van der Waals surface area contributed by atoms with Crippen molar-refractivity contribution in [1.82, 2.24) is 9.97 Å². The SMILES string of the molecule is O=C(c1cccc(Nc2ccnc3ccc(F)cc23)c1)N1CCc2c(Nc3ccncc3)cccc21. The van der Waals surface area contributed by atoms with Crippen LogP contribution in [0.15, 0.2) is 97.5 Å². The van der Waals surface area contributed by atoms with Gasteiger partial charge in [0.05, 0.1) is 5.52 Å². The van der Waals surface area contributed by atoms with E-state index < -0.39 is 0 Å². The Labute approximate surface area is 207 Å². The van der Waals surface area contributed by atoms with E-state index >= 15 is 0 Å². The Bertz CT molecular complexity index is 1590.